The molecule has 0 amide bonds. The standard InChI is InChI=1S/C16H13ClO/c17-12-9-7-11(8-10-12)13-3-1-5-15-14(13)4-2-6-16(15)18/h1,3,5,7-10H,2,4,6H2. The second kappa shape index (κ2) is 4.58. The number of hydrogen-bond acceptors (Lipinski definition) is 1. The van der Waals surface area contributed by atoms with Gasteiger partial charge in [0.15, 0.2) is 5.78 Å². The molecule has 1 aliphatic rings. The first kappa shape index (κ1) is 11.5. The van der Waals surface area contributed by atoms with Crippen LogP contribution in [0.25, 0.3) is 11.1 Å². The van der Waals surface area contributed by atoms with Crippen LogP contribution in [0.2, 0.25) is 5.02 Å². The van der Waals surface area contributed by atoms with Gasteiger partial charge in [0.25, 0.3) is 0 Å². The van der Waals surface area contributed by atoms with Crippen molar-refractivity contribution in [3.63, 3.8) is 0 Å². The molecule has 0 fully saturated rings. The van der Waals surface area contributed by atoms with Crippen molar-refractivity contribution in [3.05, 3.63) is 58.6 Å². The van der Waals surface area contributed by atoms with Gasteiger partial charge in [0.2, 0.25) is 0 Å². The highest BCUT2D eigenvalue weighted by molar-refractivity contribution is 6.30. The van der Waals surface area contributed by atoms with E-state index in [4.69, 9.17) is 11.6 Å². The maximum Gasteiger partial charge on any atom is 0.163 e. The monoisotopic (exact) mass is 256 g/mol. The maximum absolute atomic E-state index is 11.9. The van der Waals surface area contributed by atoms with Crippen LogP contribution in [0.1, 0.15) is 28.8 Å². The summed E-state index contributed by atoms with van der Waals surface area (Å²) in [5.41, 5.74) is 4.38. The zero-order chi connectivity index (χ0) is 12.5. The molecule has 0 N–H and O–H groups in total. The van der Waals surface area contributed by atoms with Crippen molar-refractivity contribution >= 4 is 17.4 Å². The van der Waals surface area contributed by atoms with Gasteiger partial charge in [0, 0.05) is 17.0 Å². The quantitative estimate of drug-likeness (QED) is 0.733. The Balaban J connectivity index is 2.15. The van der Waals surface area contributed by atoms with Crippen LogP contribution >= 0.6 is 11.6 Å². The van der Waals surface area contributed by atoms with E-state index in [2.05, 4.69) is 6.07 Å². The van der Waals surface area contributed by atoms with Crippen LogP contribution in [0, 0.1) is 0 Å². The molecule has 0 saturated heterocycles. The van der Waals surface area contributed by atoms with Crippen LogP contribution in [-0.4, -0.2) is 5.78 Å². The summed E-state index contributed by atoms with van der Waals surface area (Å²) in [7, 11) is 0. The number of hydrogen-bond donors (Lipinski definition) is 0. The summed E-state index contributed by atoms with van der Waals surface area (Å²) in [4.78, 5) is 11.9. The van der Waals surface area contributed by atoms with Crippen molar-refractivity contribution in [1.29, 1.82) is 0 Å². The van der Waals surface area contributed by atoms with E-state index >= 15 is 0 Å². The number of ketones is 1. The highest BCUT2D eigenvalue weighted by Crippen LogP contribution is 2.31. The lowest BCUT2D eigenvalue weighted by Crippen LogP contribution is -2.11. The van der Waals surface area contributed by atoms with Gasteiger partial charge in [-0.25, -0.2) is 0 Å². The van der Waals surface area contributed by atoms with Crippen molar-refractivity contribution < 1.29 is 4.79 Å². The Hall–Kier alpha value is -1.60. The SMILES string of the molecule is O=C1CCCc2c1cccc2-c1ccc(Cl)cc1. The second-order valence-corrected chi connectivity index (χ2v) is 5.05. The van der Waals surface area contributed by atoms with Gasteiger partial charge in [-0.15, -0.1) is 0 Å². The number of halogens is 1. The van der Waals surface area contributed by atoms with Gasteiger partial charge in [-0.1, -0.05) is 41.9 Å². The molecule has 0 heterocycles. The Labute approximate surface area is 111 Å². The van der Waals surface area contributed by atoms with Gasteiger partial charge >= 0.3 is 0 Å². The lowest BCUT2D eigenvalue weighted by molar-refractivity contribution is 0.0972. The summed E-state index contributed by atoms with van der Waals surface area (Å²) >= 11 is 5.91. The van der Waals surface area contributed by atoms with Crippen LogP contribution in [-0.2, 0) is 6.42 Å². The molecule has 18 heavy (non-hydrogen) atoms. The van der Waals surface area contributed by atoms with Gasteiger partial charge in [-0.2, -0.15) is 0 Å². The van der Waals surface area contributed by atoms with Crippen LogP contribution < -0.4 is 0 Å². The van der Waals surface area contributed by atoms with Crippen LogP contribution in [0.5, 0.6) is 0 Å². The van der Waals surface area contributed by atoms with Crippen molar-refractivity contribution in [2.45, 2.75) is 19.3 Å². The van der Waals surface area contributed by atoms with E-state index < -0.39 is 0 Å². The van der Waals surface area contributed by atoms with Gasteiger partial charge in [-0.05, 0) is 41.7 Å². The molecule has 2 heteroatoms. The van der Waals surface area contributed by atoms with Crippen LogP contribution in [0.15, 0.2) is 42.5 Å². The summed E-state index contributed by atoms with van der Waals surface area (Å²) in [6.45, 7) is 0. The molecule has 0 spiro atoms. The normalized spacial score (nSPS) is 14.4. The van der Waals surface area contributed by atoms with Crippen LogP contribution in [0.3, 0.4) is 0 Å². The van der Waals surface area contributed by atoms with Gasteiger partial charge in [-0.3, -0.25) is 4.79 Å². The Bertz CT molecular complexity index is 599. The lowest BCUT2D eigenvalue weighted by Gasteiger charge is -2.18. The molecule has 2 aromatic carbocycles. The fourth-order valence-corrected chi connectivity index (χ4v) is 2.70. The average molecular weight is 257 g/mol. The molecule has 0 saturated carbocycles. The first-order valence-corrected chi connectivity index (χ1v) is 6.54. The Kier molecular flexibility index (Phi) is 2.92. The number of carbonyl (C=O) groups excluding carboxylic acids is 1. The molecule has 90 valence electrons. The molecule has 0 aliphatic heterocycles. The van der Waals surface area contributed by atoms with E-state index in [1.54, 1.807) is 0 Å². The van der Waals surface area contributed by atoms with Crippen molar-refractivity contribution in [3.8, 4) is 11.1 Å². The Morgan fingerprint density at radius 1 is 0.889 bits per heavy atom. The molecule has 3 rings (SSSR count). The predicted octanol–water partition coefficient (Wildman–Crippen LogP) is 4.53. The molecular formula is C16H13ClO. The minimum absolute atomic E-state index is 0.270. The van der Waals surface area contributed by atoms with E-state index in [0.29, 0.717) is 6.42 Å². The predicted molar refractivity (Wildman–Crippen MR) is 74.2 cm³/mol. The van der Waals surface area contributed by atoms with E-state index in [9.17, 15) is 4.79 Å². The number of benzene rings is 2. The van der Waals surface area contributed by atoms with E-state index in [1.165, 1.54) is 5.56 Å². The van der Waals surface area contributed by atoms with Crippen LogP contribution in [0.4, 0.5) is 0 Å². The highest BCUT2D eigenvalue weighted by Gasteiger charge is 2.19. The van der Waals surface area contributed by atoms with Crippen molar-refractivity contribution in [2.75, 3.05) is 0 Å². The molecule has 1 aliphatic carbocycles. The molecule has 0 bridgehead atoms. The third kappa shape index (κ3) is 1.95. The molecule has 2 aromatic rings. The minimum atomic E-state index is 0.270. The first-order chi connectivity index (χ1) is 8.75. The molecule has 0 aromatic heterocycles. The fourth-order valence-electron chi connectivity index (χ4n) is 2.58. The number of Topliss-reactive ketones (excluding diaryl/α,β-unsaturated/α-hetero) is 1. The zero-order valence-electron chi connectivity index (χ0n) is 9.95. The average Bonchev–Trinajstić information content (AvgIpc) is 2.40. The summed E-state index contributed by atoms with van der Waals surface area (Å²) < 4.78 is 0. The zero-order valence-corrected chi connectivity index (χ0v) is 10.7. The summed E-state index contributed by atoms with van der Waals surface area (Å²) in [6.07, 6.45) is 2.62. The minimum Gasteiger partial charge on any atom is -0.294 e. The van der Waals surface area contributed by atoms with Gasteiger partial charge < -0.3 is 0 Å². The Morgan fingerprint density at radius 2 is 1.61 bits per heavy atom. The Morgan fingerprint density at radius 3 is 2.39 bits per heavy atom. The van der Waals surface area contributed by atoms with Crippen molar-refractivity contribution in [1.82, 2.24) is 0 Å². The lowest BCUT2D eigenvalue weighted by atomic mass is 9.85. The summed E-state index contributed by atoms with van der Waals surface area (Å²) in [5.74, 6) is 0.270. The molecular weight excluding hydrogens is 244 g/mol. The van der Waals surface area contributed by atoms with E-state index in [1.807, 2.05) is 36.4 Å². The van der Waals surface area contributed by atoms with Gasteiger partial charge in [0.1, 0.15) is 0 Å². The molecule has 0 atom stereocenters. The number of carbonyl (C=O) groups is 1. The third-order valence-electron chi connectivity index (χ3n) is 3.46. The largest absolute Gasteiger partial charge is 0.294 e. The number of rotatable bonds is 1. The molecule has 0 unspecified atom stereocenters. The van der Waals surface area contributed by atoms with E-state index in [-0.39, 0.29) is 5.78 Å². The molecule has 1 nitrogen and oxygen atoms in total. The maximum atomic E-state index is 11.9. The van der Waals surface area contributed by atoms with Crippen molar-refractivity contribution in [2.24, 2.45) is 0 Å². The summed E-state index contributed by atoms with van der Waals surface area (Å²) in [6, 6.07) is 13.8. The summed E-state index contributed by atoms with van der Waals surface area (Å²) in [5, 5.41) is 0.736. The smallest absolute Gasteiger partial charge is 0.163 e. The van der Waals surface area contributed by atoms with E-state index in [0.717, 1.165) is 34.6 Å². The fraction of sp³-hybridized carbons (Fsp3) is 0.188. The first-order valence-electron chi connectivity index (χ1n) is 6.17. The second-order valence-electron chi connectivity index (χ2n) is 4.62. The number of fused-ring (bicyclic) bond motifs is 1. The third-order valence-corrected chi connectivity index (χ3v) is 3.71. The van der Waals surface area contributed by atoms with Gasteiger partial charge in [0.05, 0.1) is 0 Å². The highest BCUT2D eigenvalue weighted by atomic mass is 35.5. The molecule has 0 radical (unpaired) electrons. The topological polar surface area (TPSA) is 17.1 Å².